The molecule has 0 bridgehead atoms. The van der Waals surface area contributed by atoms with Gasteiger partial charge in [0.05, 0.1) is 4.88 Å². The summed E-state index contributed by atoms with van der Waals surface area (Å²) in [5.74, 6) is 0.875. The quantitative estimate of drug-likeness (QED) is 0.795. The van der Waals surface area contributed by atoms with Gasteiger partial charge in [0.25, 0.3) is 15.9 Å². The van der Waals surface area contributed by atoms with E-state index in [1.165, 1.54) is 0 Å². The Morgan fingerprint density at radius 1 is 1.33 bits per heavy atom. The highest BCUT2D eigenvalue weighted by molar-refractivity contribution is 7.91. The molecule has 2 aliphatic heterocycles. The van der Waals surface area contributed by atoms with Crippen LogP contribution in [0.1, 0.15) is 29.4 Å². The van der Waals surface area contributed by atoms with Crippen LogP contribution < -0.4 is 10.6 Å². The number of amides is 1. The fourth-order valence-electron chi connectivity index (χ4n) is 2.75. The minimum Gasteiger partial charge on any atom is -0.351 e. The monoisotopic (exact) mass is 393 g/mol. The zero-order valence-electron chi connectivity index (χ0n) is 13.7. The molecule has 1 aromatic rings. The molecule has 9 heteroatoms. The van der Waals surface area contributed by atoms with Crippen molar-refractivity contribution in [2.24, 2.45) is 11.8 Å². The lowest BCUT2D eigenvalue weighted by Crippen LogP contribution is -2.48. The van der Waals surface area contributed by atoms with Crippen molar-refractivity contribution in [3.63, 3.8) is 0 Å². The third-order valence-electron chi connectivity index (χ3n) is 4.56. The third-order valence-corrected chi connectivity index (χ3v) is 8.01. The highest BCUT2D eigenvalue weighted by Gasteiger charge is 2.30. The Bertz CT molecular complexity index is 665. The van der Waals surface area contributed by atoms with Crippen molar-refractivity contribution in [1.82, 2.24) is 14.9 Å². The predicted molar refractivity (Wildman–Crippen MR) is 97.4 cm³/mol. The Morgan fingerprint density at radius 3 is 2.58 bits per heavy atom. The average Bonchev–Trinajstić information content (AvgIpc) is 2.96. The fraction of sp³-hybridized carbons (Fsp3) is 0.667. The lowest BCUT2D eigenvalue weighted by atomic mass is 10.0. The van der Waals surface area contributed by atoms with E-state index in [1.54, 1.807) is 16.4 Å². The van der Waals surface area contributed by atoms with E-state index in [1.807, 2.05) is 0 Å². The van der Waals surface area contributed by atoms with Crippen molar-refractivity contribution in [1.29, 1.82) is 0 Å². The molecule has 2 saturated heterocycles. The zero-order chi connectivity index (χ0) is 16.4. The Labute approximate surface area is 153 Å². The van der Waals surface area contributed by atoms with Gasteiger partial charge in [-0.2, -0.15) is 4.31 Å². The molecule has 2 aliphatic rings. The van der Waals surface area contributed by atoms with Crippen molar-refractivity contribution in [3.8, 4) is 0 Å². The summed E-state index contributed by atoms with van der Waals surface area (Å²) in [5.41, 5.74) is 0. The standard InChI is InChI=1S/C15H23N3O3S2.ClH/c1-11-4-6-18(7-5-11)23(20,21)14-3-2-13(22-14)15(19)17-10-12-8-16-9-12;/h2-3,11-12,16H,4-10H2,1H3,(H,17,19);1H. The van der Waals surface area contributed by atoms with Gasteiger partial charge in [0.15, 0.2) is 0 Å². The Balaban J connectivity index is 0.00000208. The first-order chi connectivity index (χ1) is 11.0. The summed E-state index contributed by atoms with van der Waals surface area (Å²) in [7, 11) is -3.46. The first kappa shape index (κ1) is 19.7. The predicted octanol–water partition coefficient (Wildman–Crippen LogP) is 1.54. The normalized spacial score (nSPS) is 20.2. The number of hydrogen-bond acceptors (Lipinski definition) is 5. The van der Waals surface area contributed by atoms with Crippen molar-refractivity contribution in [2.45, 2.75) is 24.0 Å². The third kappa shape index (κ3) is 4.29. The van der Waals surface area contributed by atoms with E-state index in [2.05, 4.69) is 17.6 Å². The highest BCUT2D eigenvalue weighted by Crippen LogP contribution is 2.28. The second-order valence-corrected chi connectivity index (χ2v) is 9.69. The maximum atomic E-state index is 12.6. The molecule has 2 fully saturated rings. The molecule has 0 atom stereocenters. The molecule has 3 heterocycles. The van der Waals surface area contributed by atoms with E-state index in [-0.39, 0.29) is 22.5 Å². The highest BCUT2D eigenvalue weighted by atomic mass is 35.5. The first-order valence-electron chi connectivity index (χ1n) is 8.05. The lowest BCUT2D eigenvalue weighted by molar-refractivity contribution is 0.0946. The number of nitrogens with one attached hydrogen (secondary N) is 2. The molecule has 0 radical (unpaired) electrons. The van der Waals surface area contributed by atoms with Gasteiger partial charge < -0.3 is 10.6 Å². The van der Waals surface area contributed by atoms with Gasteiger partial charge >= 0.3 is 0 Å². The molecule has 6 nitrogen and oxygen atoms in total. The Hall–Kier alpha value is -0.670. The lowest BCUT2D eigenvalue weighted by Gasteiger charge is -2.28. The van der Waals surface area contributed by atoms with E-state index in [0.29, 0.717) is 36.3 Å². The Kier molecular flexibility index (Phi) is 6.66. The molecule has 1 aromatic heterocycles. The van der Waals surface area contributed by atoms with Crippen LogP contribution in [-0.4, -0.2) is 51.4 Å². The van der Waals surface area contributed by atoms with Gasteiger partial charge in [-0.1, -0.05) is 6.92 Å². The smallest absolute Gasteiger partial charge is 0.261 e. The topological polar surface area (TPSA) is 78.5 Å². The molecule has 2 N–H and O–H groups in total. The number of hydrogen-bond donors (Lipinski definition) is 2. The summed E-state index contributed by atoms with van der Waals surface area (Å²) in [4.78, 5) is 12.6. The van der Waals surface area contributed by atoms with Crippen molar-refractivity contribution in [2.75, 3.05) is 32.7 Å². The van der Waals surface area contributed by atoms with Crippen LogP contribution in [0.3, 0.4) is 0 Å². The molecule has 0 saturated carbocycles. The zero-order valence-corrected chi connectivity index (χ0v) is 16.1. The maximum absolute atomic E-state index is 12.6. The molecule has 1 amide bonds. The number of thiophene rings is 1. The van der Waals surface area contributed by atoms with Crippen LogP contribution in [0.15, 0.2) is 16.3 Å². The number of sulfonamides is 1. The average molecular weight is 394 g/mol. The molecule has 0 aliphatic carbocycles. The van der Waals surface area contributed by atoms with Crippen LogP contribution >= 0.6 is 23.7 Å². The van der Waals surface area contributed by atoms with Crippen molar-refractivity contribution in [3.05, 3.63) is 17.0 Å². The Morgan fingerprint density at radius 2 is 2.00 bits per heavy atom. The van der Waals surface area contributed by atoms with Gasteiger partial charge in [-0.15, -0.1) is 23.7 Å². The molecular weight excluding hydrogens is 370 g/mol. The van der Waals surface area contributed by atoms with Crippen LogP contribution in [0, 0.1) is 11.8 Å². The van der Waals surface area contributed by atoms with E-state index < -0.39 is 10.0 Å². The summed E-state index contributed by atoms with van der Waals surface area (Å²) in [6.07, 6.45) is 1.79. The van der Waals surface area contributed by atoms with E-state index in [0.717, 1.165) is 37.3 Å². The first-order valence-corrected chi connectivity index (χ1v) is 10.3. The molecule has 24 heavy (non-hydrogen) atoms. The van der Waals surface area contributed by atoms with E-state index >= 15 is 0 Å². The van der Waals surface area contributed by atoms with Gasteiger partial charge in [-0.05, 0) is 30.9 Å². The maximum Gasteiger partial charge on any atom is 0.261 e. The number of carbonyl (C=O) groups is 1. The number of piperidine rings is 1. The van der Waals surface area contributed by atoms with Gasteiger partial charge in [0, 0.05) is 38.6 Å². The van der Waals surface area contributed by atoms with Crippen LogP contribution in [0.5, 0.6) is 0 Å². The summed E-state index contributed by atoms with van der Waals surface area (Å²) >= 11 is 1.06. The second kappa shape index (κ2) is 8.14. The second-order valence-electron chi connectivity index (χ2n) is 6.44. The summed E-state index contributed by atoms with van der Waals surface area (Å²) in [6.45, 7) is 5.77. The molecule has 0 aromatic carbocycles. The van der Waals surface area contributed by atoms with E-state index in [9.17, 15) is 13.2 Å². The van der Waals surface area contributed by atoms with Gasteiger partial charge in [0.1, 0.15) is 4.21 Å². The SMILES string of the molecule is CC1CCN(S(=O)(=O)c2ccc(C(=O)NCC3CNC3)s2)CC1.Cl. The molecule has 3 rings (SSSR count). The largest absolute Gasteiger partial charge is 0.351 e. The minimum atomic E-state index is -3.46. The molecule has 0 unspecified atom stereocenters. The fourth-order valence-corrected chi connectivity index (χ4v) is 5.60. The van der Waals surface area contributed by atoms with Crippen LogP contribution in [0.25, 0.3) is 0 Å². The van der Waals surface area contributed by atoms with Crippen molar-refractivity contribution < 1.29 is 13.2 Å². The van der Waals surface area contributed by atoms with Gasteiger partial charge in [-0.25, -0.2) is 8.42 Å². The molecular formula is C15H24ClN3O3S2. The number of nitrogens with zero attached hydrogens (tertiary/aromatic N) is 1. The van der Waals surface area contributed by atoms with Crippen LogP contribution in [0.2, 0.25) is 0 Å². The summed E-state index contributed by atoms with van der Waals surface area (Å²) in [5, 5.41) is 6.03. The van der Waals surface area contributed by atoms with Crippen molar-refractivity contribution >= 4 is 39.7 Å². The van der Waals surface area contributed by atoms with Crippen LogP contribution in [0.4, 0.5) is 0 Å². The van der Waals surface area contributed by atoms with Gasteiger partial charge in [0.2, 0.25) is 0 Å². The van der Waals surface area contributed by atoms with Crippen LogP contribution in [-0.2, 0) is 10.0 Å². The molecule has 0 spiro atoms. The minimum absolute atomic E-state index is 0. The van der Waals surface area contributed by atoms with Gasteiger partial charge in [-0.3, -0.25) is 4.79 Å². The number of rotatable bonds is 5. The number of carbonyl (C=O) groups excluding carboxylic acids is 1. The van der Waals surface area contributed by atoms with E-state index in [4.69, 9.17) is 0 Å². The summed E-state index contributed by atoms with van der Waals surface area (Å²) in [6, 6.07) is 3.16. The summed E-state index contributed by atoms with van der Waals surface area (Å²) < 4.78 is 27.1. The molecule has 136 valence electrons. The number of halogens is 1.